The molecule has 202 valence electrons. The molecule has 0 heterocycles. The zero-order valence-electron chi connectivity index (χ0n) is 20.2. The lowest BCUT2D eigenvalue weighted by Gasteiger charge is -2.27. The molecular weight excluding hydrogens is 502 g/mol. The SMILES string of the molecule is CNCCSSCCNC(=O)CN(CCN(CCN(CC(C)=O)CC(=O)O)CC(=O)O)CC(=O)O. The molecule has 0 aliphatic carbocycles. The highest BCUT2D eigenvalue weighted by Gasteiger charge is 2.19. The zero-order chi connectivity index (χ0) is 26.6. The fourth-order valence-electron chi connectivity index (χ4n) is 2.91. The number of rotatable bonds is 23. The molecule has 0 atom stereocenters. The van der Waals surface area contributed by atoms with Crippen LogP contribution < -0.4 is 10.6 Å². The number of amides is 1. The molecule has 0 aromatic heterocycles. The first-order valence-electron chi connectivity index (χ1n) is 11.0. The minimum absolute atomic E-state index is 0.0786. The molecule has 0 aliphatic heterocycles. The average molecular weight is 540 g/mol. The quantitative estimate of drug-likeness (QED) is 0.0744. The molecule has 0 bridgehead atoms. The van der Waals surface area contributed by atoms with E-state index in [0.717, 1.165) is 12.3 Å². The average Bonchev–Trinajstić information content (AvgIpc) is 2.73. The number of nitrogens with one attached hydrogen (secondary N) is 2. The second-order valence-corrected chi connectivity index (χ2v) is 10.4. The number of carboxylic acid groups (broad SMARTS) is 3. The van der Waals surface area contributed by atoms with Crippen LogP contribution >= 0.6 is 21.6 Å². The standard InChI is InChI=1S/C20H37N5O8S2/c1-16(26)11-24(14-19(30)31)7-5-23(13-18(28)29)6-8-25(15-20(32)33)12-17(27)22-4-10-35-34-9-3-21-2/h21H,3-15H2,1-2H3,(H,22,27)(H,28,29)(H,30,31)(H,32,33). The lowest BCUT2D eigenvalue weighted by Crippen LogP contribution is -2.46. The Bertz CT molecular complexity index is 670. The second kappa shape index (κ2) is 20.3. The molecule has 0 aromatic carbocycles. The Balaban J connectivity index is 4.76. The van der Waals surface area contributed by atoms with E-state index in [4.69, 9.17) is 5.11 Å². The van der Waals surface area contributed by atoms with Gasteiger partial charge in [0.25, 0.3) is 0 Å². The van der Waals surface area contributed by atoms with Crippen LogP contribution in [0, 0.1) is 0 Å². The van der Waals surface area contributed by atoms with E-state index in [0.29, 0.717) is 12.3 Å². The van der Waals surface area contributed by atoms with Gasteiger partial charge >= 0.3 is 17.9 Å². The van der Waals surface area contributed by atoms with E-state index < -0.39 is 24.5 Å². The highest BCUT2D eigenvalue weighted by molar-refractivity contribution is 8.76. The van der Waals surface area contributed by atoms with Crippen LogP contribution in [0.1, 0.15) is 6.92 Å². The summed E-state index contributed by atoms with van der Waals surface area (Å²) in [5.41, 5.74) is 0. The monoisotopic (exact) mass is 539 g/mol. The Labute approximate surface area is 213 Å². The van der Waals surface area contributed by atoms with Gasteiger partial charge in [-0.05, 0) is 14.0 Å². The first-order valence-corrected chi connectivity index (χ1v) is 13.5. The molecule has 0 aliphatic rings. The third-order valence-corrected chi connectivity index (χ3v) is 6.79. The Hall–Kier alpha value is -1.91. The van der Waals surface area contributed by atoms with Gasteiger partial charge in [-0.2, -0.15) is 0 Å². The third-order valence-electron chi connectivity index (χ3n) is 4.38. The number of ketones is 1. The van der Waals surface area contributed by atoms with E-state index in [9.17, 15) is 34.2 Å². The van der Waals surface area contributed by atoms with Crippen LogP contribution in [0.5, 0.6) is 0 Å². The smallest absolute Gasteiger partial charge is 0.317 e. The summed E-state index contributed by atoms with van der Waals surface area (Å²) in [6, 6.07) is 0. The Kier molecular flexibility index (Phi) is 19.2. The number of hydrogen-bond donors (Lipinski definition) is 5. The van der Waals surface area contributed by atoms with Gasteiger partial charge in [0.15, 0.2) is 0 Å². The molecule has 0 rings (SSSR count). The molecule has 0 radical (unpaired) electrons. The third kappa shape index (κ3) is 21.1. The van der Waals surface area contributed by atoms with Gasteiger partial charge in [-0.3, -0.25) is 38.7 Å². The summed E-state index contributed by atoms with van der Waals surface area (Å²) in [7, 11) is 5.19. The van der Waals surface area contributed by atoms with Crippen molar-refractivity contribution in [1.82, 2.24) is 25.3 Å². The maximum atomic E-state index is 12.2. The lowest BCUT2D eigenvalue weighted by molar-refractivity contribution is -0.141. The largest absolute Gasteiger partial charge is 0.480 e. The number of carbonyl (C=O) groups is 5. The predicted molar refractivity (Wildman–Crippen MR) is 135 cm³/mol. The summed E-state index contributed by atoms with van der Waals surface area (Å²) in [5.74, 6) is -2.22. The molecule has 1 amide bonds. The number of Topliss-reactive ketones (excluding diaryl/α,β-unsaturated/α-hetero) is 1. The topological polar surface area (TPSA) is 180 Å². The van der Waals surface area contributed by atoms with Crippen LogP contribution in [0.2, 0.25) is 0 Å². The molecule has 35 heavy (non-hydrogen) atoms. The maximum absolute atomic E-state index is 12.2. The fraction of sp³-hybridized carbons (Fsp3) is 0.750. The normalized spacial score (nSPS) is 11.2. The Morgan fingerprint density at radius 1 is 0.657 bits per heavy atom. The van der Waals surface area contributed by atoms with Crippen molar-refractivity contribution >= 4 is 51.2 Å². The first-order chi connectivity index (χ1) is 16.5. The van der Waals surface area contributed by atoms with Crippen LogP contribution in [0.3, 0.4) is 0 Å². The minimum Gasteiger partial charge on any atom is -0.480 e. The van der Waals surface area contributed by atoms with Crippen LogP contribution in [0.4, 0.5) is 0 Å². The Morgan fingerprint density at radius 2 is 1.09 bits per heavy atom. The van der Waals surface area contributed by atoms with Gasteiger partial charge in [-0.25, -0.2) is 0 Å². The Morgan fingerprint density at radius 3 is 1.54 bits per heavy atom. The fourth-order valence-corrected chi connectivity index (χ4v) is 4.82. The molecule has 0 saturated heterocycles. The van der Waals surface area contributed by atoms with Crippen molar-refractivity contribution in [3.63, 3.8) is 0 Å². The maximum Gasteiger partial charge on any atom is 0.317 e. The molecule has 0 aromatic rings. The van der Waals surface area contributed by atoms with Crippen molar-refractivity contribution in [2.45, 2.75) is 6.92 Å². The van der Waals surface area contributed by atoms with Gasteiger partial charge in [0.05, 0.1) is 32.7 Å². The molecule has 0 fully saturated rings. The van der Waals surface area contributed by atoms with Gasteiger partial charge < -0.3 is 26.0 Å². The van der Waals surface area contributed by atoms with Crippen molar-refractivity contribution in [3.05, 3.63) is 0 Å². The summed E-state index contributed by atoms with van der Waals surface area (Å²) < 4.78 is 0. The van der Waals surface area contributed by atoms with Crippen molar-refractivity contribution in [2.75, 3.05) is 90.5 Å². The summed E-state index contributed by atoms with van der Waals surface area (Å²) in [6.45, 7) is 1.89. The molecule has 5 N–H and O–H groups in total. The van der Waals surface area contributed by atoms with Crippen molar-refractivity contribution < 1.29 is 39.3 Å². The van der Waals surface area contributed by atoms with Crippen LogP contribution in [-0.4, -0.2) is 150 Å². The van der Waals surface area contributed by atoms with Gasteiger partial charge in [0.2, 0.25) is 5.91 Å². The number of carboxylic acids is 3. The molecule has 15 heteroatoms. The molecule has 0 spiro atoms. The molecule has 0 unspecified atom stereocenters. The number of aliphatic carboxylic acids is 3. The molecule has 13 nitrogen and oxygen atoms in total. The number of nitrogens with zero attached hydrogens (tertiary/aromatic N) is 3. The van der Waals surface area contributed by atoms with Crippen molar-refractivity contribution in [3.8, 4) is 0 Å². The van der Waals surface area contributed by atoms with Gasteiger partial charge in [-0.15, -0.1) is 0 Å². The molecule has 0 saturated carbocycles. The second-order valence-electron chi connectivity index (χ2n) is 7.68. The lowest BCUT2D eigenvalue weighted by atomic mass is 10.3. The van der Waals surface area contributed by atoms with E-state index in [1.807, 2.05) is 7.05 Å². The van der Waals surface area contributed by atoms with Crippen molar-refractivity contribution in [1.29, 1.82) is 0 Å². The van der Waals surface area contributed by atoms with E-state index in [1.165, 1.54) is 21.6 Å². The van der Waals surface area contributed by atoms with E-state index in [2.05, 4.69) is 10.6 Å². The zero-order valence-corrected chi connectivity index (χ0v) is 21.9. The summed E-state index contributed by atoms with van der Waals surface area (Å²) >= 11 is 0. The van der Waals surface area contributed by atoms with Crippen LogP contribution in [-0.2, 0) is 24.0 Å². The van der Waals surface area contributed by atoms with Crippen LogP contribution in [0.25, 0.3) is 0 Å². The highest BCUT2D eigenvalue weighted by Crippen LogP contribution is 2.19. The van der Waals surface area contributed by atoms with E-state index in [-0.39, 0.29) is 64.0 Å². The highest BCUT2D eigenvalue weighted by atomic mass is 33.1. The van der Waals surface area contributed by atoms with Crippen molar-refractivity contribution in [2.24, 2.45) is 0 Å². The first kappa shape index (κ1) is 33.1. The number of carbonyl (C=O) groups excluding carboxylic acids is 2. The van der Waals surface area contributed by atoms with E-state index in [1.54, 1.807) is 21.6 Å². The molecular formula is C20H37N5O8S2. The summed E-state index contributed by atoms with van der Waals surface area (Å²) in [4.78, 5) is 61.5. The van der Waals surface area contributed by atoms with Gasteiger partial charge in [0.1, 0.15) is 5.78 Å². The van der Waals surface area contributed by atoms with Gasteiger partial charge in [-0.1, -0.05) is 21.6 Å². The predicted octanol–water partition coefficient (Wildman–Crippen LogP) is -1.55. The summed E-state index contributed by atoms with van der Waals surface area (Å²) in [6.07, 6.45) is 0. The van der Waals surface area contributed by atoms with Gasteiger partial charge in [0, 0.05) is 50.8 Å². The van der Waals surface area contributed by atoms with E-state index >= 15 is 0 Å². The minimum atomic E-state index is -1.12. The van der Waals surface area contributed by atoms with Crippen LogP contribution in [0.15, 0.2) is 0 Å². The number of hydrogen-bond acceptors (Lipinski definition) is 11. The summed E-state index contributed by atoms with van der Waals surface area (Å²) in [5, 5.41) is 33.2.